The molecule has 3 N–H and O–H groups in total. The van der Waals surface area contributed by atoms with E-state index in [-0.39, 0.29) is 23.4 Å². The van der Waals surface area contributed by atoms with Crippen LogP contribution in [0.5, 0.6) is 11.5 Å². The number of benzene rings is 2. The number of ether oxygens (including phenoxy) is 2. The molecule has 156 valence electrons. The van der Waals surface area contributed by atoms with E-state index in [1.54, 1.807) is 0 Å². The van der Waals surface area contributed by atoms with Crippen LogP contribution in [0.1, 0.15) is 35.8 Å². The Labute approximate surface area is 169 Å². The van der Waals surface area contributed by atoms with Crippen LogP contribution in [0.3, 0.4) is 0 Å². The average molecular weight is 420 g/mol. The fraction of sp³-hybridized carbons (Fsp3) is 0.350. The van der Waals surface area contributed by atoms with Crippen molar-refractivity contribution >= 4 is 15.9 Å². The minimum atomic E-state index is -3.74. The van der Waals surface area contributed by atoms with Gasteiger partial charge < -0.3 is 19.9 Å². The number of nitrogens with one attached hydrogen (secondary N) is 2. The fourth-order valence-electron chi connectivity index (χ4n) is 2.79. The third-order valence-corrected chi connectivity index (χ3v) is 5.85. The molecular formula is C20H24N2O6S. The van der Waals surface area contributed by atoms with Crippen LogP contribution in [0.2, 0.25) is 0 Å². The smallest absolute Gasteiger partial charge is 0.251 e. The molecule has 8 nitrogen and oxygen atoms in total. The van der Waals surface area contributed by atoms with Gasteiger partial charge in [0.1, 0.15) is 13.2 Å². The second-order valence-electron chi connectivity index (χ2n) is 6.82. The summed E-state index contributed by atoms with van der Waals surface area (Å²) < 4.78 is 37.7. The summed E-state index contributed by atoms with van der Waals surface area (Å²) in [7, 11) is -3.74. The Hall–Kier alpha value is -2.62. The quantitative estimate of drug-likeness (QED) is 0.627. The maximum atomic E-state index is 12.5. The molecule has 2 unspecified atom stereocenters. The lowest BCUT2D eigenvalue weighted by atomic mass is 10.1. The number of amides is 1. The standard InChI is InChI=1S/C20H24N2O6S/c1-13(23)12-21-29(25,26)17-6-3-15(4-7-17)20(24)22-14(2)16-5-8-18-19(11-16)28-10-9-27-18/h3-8,11,13-14,21,23H,9-10,12H2,1-2H3,(H,22,24). The Morgan fingerprint density at radius 2 is 1.72 bits per heavy atom. The number of aliphatic hydroxyl groups excluding tert-OH is 1. The summed E-state index contributed by atoms with van der Waals surface area (Å²) in [6.07, 6.45) is -0.795. The molecule has 1 aliphatic heterocycles. The molecule has 0 saturated carbocycles. The molecule has 0 fully saturated rings. The van der Waals surface area contributed by atoms with Crippen molar-refractivity contribution in [3.05, 3.63) is 53.6 Å². The predicted molar refractivity (Wildman–Crippen MR) is 107 cm³/mol. The maximum Gasteiger partial charge on any atom is 0.251 e. The van der Waals surface area contributed by atoms with Gasteiger partial charge >= 0.3 is 0 Å². The minimum Gasteiger partial charge on any atom is -0.486 e. The third kappa shape index (κ3) is 5.26. The topological polar surface area (TPSA) is 114 Å². The maximum absolute atomic E-state index is 12.5. The van der Waals surface area contributed by atoms with Gasteiger partial charge in [0, 0.05) is 12.1 Å². The molecule has 3 rings (SSSR count). The number of rotatable bonds is 7. The highest BCUT2D eigenvalue weighted by Crippen LogP contribution is 2.32. The van der Waals surface area contributed by atoms with Crippen molar-refractivity contribution in [3.63, 3.8) is 0 Å². The van der Waals surface area contributed by atoms with Crippen molar-refractivity contribution < 1.29 is 27.8 Å². The highest BCUT2D eigenvalue weighted by Gasteiger charge is 2.18. The number of sulfonamides is 1. The van der Waals surface area contributed by atoms with E-state index < -0.39 is 16.1 Å². The number of carbonyl (C=O) groups is 1. The number of hydrogen-bond acceptors (Lipinski definition) is 6. The van der Waals surface area contributed by atoms with Crippen molar-refractivity contribution in [2.75, 3.05) is 19.8 Å². The first-order chi connectivity index (χ1) is 13.8. The molecule has 2 aromatic carbocycles. The summed E-state index contributed by atoms with van der Waals surface area (Å²) in [5, 5.41) is 12.1. The molecule has 0 spiro atoms. The van der Waals surface area contributed by atoms with Crippen molar-refractivity contribution in [3.8, 4) is 11.5 Å². The van der Waals surface area contributed by atoms with Gasteiger partial charge in [-0.15, -0.1) is 0 Å². The Morgan fingerprint density at radius 1 is 1.07 bits per heavy atom. The number of fused-ring (bicyclic) bond motifs is 1. The van der Waals surface area contributed by atoms with E-state index in [0.29, 0.717) is 30.3 Å². The molecule has 2 atom stereocenters. The monoisotopic (exact) mass is 420 g/mol. The summed E-state index contributed by atoms with van der Waals surface area (Å²) in [5.74, 6) is 1.00. The van der Waals surface area contributed by atoms with Crippen LogP contribution in [-0.2, 0) is 10.0 Å². The van der Waals surface area contributed by atoms with Crippen molar-refractivity contribution in [1.82, 2.24) is 10.0 Å². The molecule has 0 aliphatic carbocycles. The van der Waals surface area contributed by atoms with Gasteiger partial charge in [-0.2, -0.15) is 0 Å². The summed E-state index contributed by atoms with van der Waals surface area (Å²) in [6.45, 7) is 4.25. The van der Waals surface area contributed by atoms with Crippen LogP contribution in [0, 0.1) is 0 Å². The zero-order chi connectivity index (χ0) is 21.0. The lowest BCUT2D eigenvalue weighted by Gasteiger charge is -2.21. The van der Waals surface area contributed by atoms with Gasteiger partial charge in [0.25, 0.3) is 5.91 Å². The van der Waals surface area contributed by atoms with Crippen LogP contribution in [-0.4, -0.2) is 45.3 Å². The SMILES string of the molecule is CC(O)CNS(=O)(=O)c1ccc(C(=O)NC(C)c2ccc3c(c2)OCCO3)cc1. The predicted octanol–water partition coefficient (Wildman–Crippen LogP) is 1.61. The number of hydrogen-bond donors (Lipinski definition) is 3. The average Bonchev–Trinajstić information content (AvgIpc) is 2.72. The van der Waals surface area contributed by atoms with Gasteiger partial charge in [-0.25, -0.2) is 13.1 Å². The molecule has 2 aromatic rings. The lowest BCUT2D eigenvalue weighted by molar-refractivity contribution is 0.0939. The molecule has 0 bridgehead atoms. The largest absolute Gasteiger partial charge is 0.486 e. The van der Waals surface area contributed by atoms with E-state index in [1.165, 1.54) is 31.2 Å². The second-order valence-corrected chi connectivity index (χ2v) is 8.59. The molecule has 0 radical (unpaired) electrons. The number of aliphatic hydroxyl groups is 1. The molecular weight excluding hydrogens is 396 g/mol. The van der Waals surface area contributed by atoms with Crippen LogP contribution in [0.4, 0.5) is 0 Å². The molecule has 29 heavy (non-hydrogen) atoms. The summed E-state index contributed by atoms with van der Waals surface area (Å²) >= 11 is 0. The Kier molecular flexibility index (Phi) is 6.41. The fourth-order valence-corrected chi connectivity index (χ4v) is 3.91. The van der Waals surface area contributed by atoms with Gasteiger partial charge in [0.2, 0.25) is 10.0 Å². The zero-order valence-electron chi connectivity index (χ0n) is 16.2. The van der Waals surface area contributed by atoms with E-state index in [9.17, 15) is 18.3 Å². The first-order valence-corrected chi connectivity index (χ1v) is 10.7. The normalized spacial score (nSPS) is 15.4. The Morgan fingerprint density at radius 3 is 2.38 bits per heavy atom. The molecule has 9 heteroatoms. The second kappa shape index (κ2) is 8.81. The zero-order valence-corrected chi connectivity index (χ0v) is 17.0. The van der Waals surface area contributed by atoms with Gasteiger partial charge in [0.05, 0.1) is 17.0 Å². The first kappa shape index (κ1) is 21.1. The van der Waals surface area contributed by atoms with Crippen LogP contribution >= 0.6 is 0 Å². The van der Waals surface area contributed by atoms with Gasteiger partial charge in [-0.1, -0.05) is 6.07 Å². The molecule has 1 amide bonds. The lowest BCUT2D eigenvalue weighted by Crippen LogP contribution is -2.30. The summed E-state index contributed by atoms with van der Waals surface area (Å²) in [6, 6.07) is 10.8. The van der Waals surface area contributed by atoms with Crippen LogP contribution in [0.15, 0.2) is 47.4 Å². The highest BCUT2D eigenvalue weighted by atomic mass is 32.2. The molecule has 0 saturated heterocycles. The van der Waals surface area contributed by atoms with E-state index in [1.807, 2.05) is 25.1 Å². The molecule has 1 heterocycles. The Balaban J connectivity index is 1.66. The van der Waals surface area contributed by atoms with Crippen molar-refractivity contribution in [2.24, 2.45) is 0 Å². The van der Waals surface area contributed by atoms with Gasteiger partial charge in [-0.3, -0.25) is 4.79 Å². The summed E-state index contributed by atoms with van der Waals surface area (Å²) in [5.41, 5.74) is 1.20. The van der Waals surface area contributed by atoms with E-state index in [4.69, 9.17) is 9.47 Å². The van der Waals surface area contributed by atoms with Gasteiger partial charge in [-0.05, 0) is 55.8 Å². The van der Waals surface area contributed by atoms with E-state index in [2.05, 4.69) is 10.0 Å². The van der Waals surface area contributed by atoms with E-state index in [0.717, 1.165) is 5.56 Å². The first-order valence-electron chi connectivity index (χ1n) is 9.24. The van der Waals surface area contributed by atoms with E-state index >= 15 is 0 Å². The van der Waals surface area contributed by atoms with Crippen molar-refractivity contribution in [2.45, 2.75) is 30.9 Å². The number of carbonyl (C=O) groups excluding carboxylic acids is 1. The van der Waals surface area contributed by atoms with Crippen LogP contribution < -0.4 is 19.5 Å². The minimum absolute atomic E-state index is 0.0228. The Bertz CT molecular complexity index is 973. The van der Waals surface area contributed by atoms with Crippen molar-refractivity contribution in [1.29, 1.82) is 0 Å². The summed E-state index contributed by atoms with van der Waals surface area (Å²) in [4.78, 5) is 12.6. The van der Waals surface area contributed by atoms with Crippen LogP contribution in [0.25, 0.3) is 0 Å². The third-order valence-electron chi connectivity index (χ3n) is 4.41. The molecule has 1 aliphatic rings. The highest BCUT2D eigenvalue weighted by molar-refractivity contribution is 7.89. The van der Waals surface area contributed by atoms with Gasteiger partial charge in [0.15, 0.2) is 11.5 Å². The molecule has 0 aromatic heterocycles.